The van der Waals surface area contributed by atoms with Crippen molar-refractivity contribution >= 4 is 57.4 Å². The van der Waals surface area contributed by atoms with Gasteiger partial charge in [-0.3, -0.25) is 24.6 Å². The van der Waals surface area contributed by atoms with Crippen LogP contribution in [0.3, 0.4) is 0 Å². The average molecular weight is 818 g/mol. The molecular weight excluding hydrogens is 766 g/mol. The lowest BCUT2D eigenvalue weighted by Gasteiger charge is -2.37. The normalized spacial score (nSPS) is 21.0. The third-order valence-electron chi connectivity index (χ3n) is 13.5. The van der Waals surface area contributed by atoms with Crippen molar-refractivity contribution in [3.63, 3.8) is 0 Å². The number of H-pyrrole nitrogens is 1. The Morgan fingerprint density at radius 1 is 0.898 bits per heavy atom. The molecule has 4 aromatic rings. The molecule has 7 heterocycles. The number of rotatable bonds is 10. The van der Waals surface area contributed by atoms with E-state index in [0.29, 0.717) is 40.9 Å². The molecule has 5 aliphatic heterocycles. The highest BCUT2D eigenvalue weighted by Gasteiger charge is 2.41. The van der Waals surface area contributed by atoms with E-state index in [1.165, 1.54) is 44.0 Å². The van der Waals surface area contributed by atoms with Gasteiger partial charge in [0.1, 0.15) is 23.5 Å². The maximum Gasteiger partial charge on any atom is 0.260 e. The first-order chi connectivity index (χ1) is 28.8. The van der Waals surface area contributed by atoms with Gasteiger partial charge in [-0.15, -0.1) is 0 Å². The monoisotopic (exact) mass is 817 g/mol. The van der Waals surface area contributed by atoms with Gasteiger partial charge in [0.05, 0.1) is 28.9 Å². The summed E-state index contributed by atoms with van der Waals surface area (Å²) in [6.45, 7) is 9.17. The standard InChI is InChI=1S/C45H52ClN9O4/c1-59-44-41-32(28-55(45(41)58)37-10-11-39(56)50-43(37)57)25-38(49-44)54-23-21-51(22-24-54)16-2-3-29-12-17-52(18-13-29)34-6-4-30(5-7-34)31-14-19-53(20-15-31)36-9-8-35(46)40-33(26-47)27-48-42(36)40/h4-9,25,27,29,31,37,48H,2-3,10-24,28H2,1H3,(H,50,56,57). The maximum atomic E-state index is 13.4. The fourth-order valence-electron chi connectivity index (χ4n) is 10.1. The number of piperidine rings is 3. The topological polar surface area (TPSA) is 141 Å². The second kappa shape index (κ2) is 16.7. The molecule has 0 spiro atoms. The fraction of sp³-hybridized carbons (Fsp3) is 0.489. The zero-order valence-electron chi connectivity index (χ0n) is 33.7. The number of aromatic nitrogens is 2. The van der Waals surface area contributed by atoms with Gasteiger partial charge in [0.2, 0.25) is 17.7 Å². The number of amides is 3. The number of nitrogens with one attached hydrogen (secondary N) is 2. The molecule has 308 valence electrons. The van der Waals surface area contributed by atoms with E-state index in [0.717, 1.165) is 106 Å². The molecule has 0 saturated carbocycles. The van der Waals surface area contributed by atoms with Crippen LogP contribution in [0.25, 0.3) is 10.9 Å². The molecule has 13 nitrogen and oxygen atoms in total. The largest absolute Gasteiger partial charge is 0.480 e. The quantitative estimate of drug-likeness (QED) is 0.182. The Bertz CT molecular complexity index is 2260. The minimum Gasteiger partial charge on any atom is -0.480 e. The number of carbonyl (C=O) groups is 3. The molecule has 5 aliphatic rings. The lowest BCUT2D eigenvalue weighted by atomic mass is 9.88. The Kier molecular flexibility index (Phi) is 11.1. The van der Waals surface area contributed by atoms with Crippen molar-refractivity contribution in [1.82, 2.24) is 25.1 Å². The van der Waals surface area contributed by atoms with Crippen LogP contribution >= 0.6 is 11.6 Å². The molecule has 3 amide bonds. The number of aromatic amines is 1. The first-order valence-electron chi connectivity index (χ1n) is 21.3. The van der Waals surface area contributed by atoms with Gasteiger partial charge in [-0.2, -0.15) is 10.2 Å². The van der Waals surface area contributed by atoms with Gasteiger partial charge in [-0.1, -0.05) is 23.7 Å². The van der Waals surface area contributed by atoms with E-state index in [1.54, 1.807) is 11.1 Å². The highest BCUT2D eigenvalue weighted by Crippen LogP contribution is 2.39. The lowest BCUT2D eigenvalue weighted by molar-refractivity contribution is -0.136. The van der Waals surface area contributed by atoms with E-state index >= 15 is 0 Å². The number of carbonyl (C=O) groups excluding carboxylic acids is 3. The summed E-state index contributed by atoms with van der Waals surface area (Å²) in [6, 6.07) is 16.9. The molecule has 2 N–H and O–H groups in total. The van der Waals surface area contributed by atoms with E-state index in [-0.39, 0.29) is 18.2 Å². The van der Waals surface area contributed by atoms with Crippen molar-refractivity contribution in [2.75, 3.05) is 80.7 Å². The van der Waals surface area contributed by atoms with Gasteiger partial charge in [0, 0.05) is 82.6 Å². The van der Waals surface area contributed by atoms with Gasteiger partial charge in [0.25, 0.3) is 5.91 Å². The highest BCUT2D eigenvalue weighted by atomic mass is 35.5. The molecule has 9 rings (SSSR count). The summed E-state index contributed by atoms with van der Waals surface area (Å²) >= 11 is 6.46. The lowest BCUT2D eigenvalue weighted by Crippen LogP contribution is -2.52. The van der Waals surface area contributed by atoms with E-state index in [4.69, 9.17) is 21.3 Å². The summed E-state index contributed by atoms with van der Waals surface area (Å²) in [7, 11) is 1.53. The van der Waals surface area contributed by atoms with Crippen molar-refractivity contribution in [1.29, 1.82) is 5.26 Å². The number of pyridine rings is 1. The number of hydrogen-bond acceptors (Lipinski definition) is 10. The van der Waals surface area contributed by atoms with Crippen LogP contribution in [-0.2, 0) is 16.1 Å². The van der Waals surface area contributed by atoms with E-state index < -0.39 is 11.9 Å². The fourth-order valence-corrected chi connectivity index (χ4v) is 10.3. The maximum absolute atomic E-state index is 13.4. The van der Waals surface area contributed by atoms with Gasteiger partial charge >= 0.3 is 0 Å². The van der Waals surface area contributed by atoms with Crippen LogP contribution < -0.4 is 24.8 Å². The molecule has 0 radical (unpaired) electrons. The Balaban J connectivity index is 0.701. The number of anilines is 3. The van der Waals surface area contributed by atoms with Gasteiger partial charge < -0.3 is 29.3 Å². The Morgan fingerprint density at radius 2 is 1.64 bits per heavy atom. The van der Waals surface area contributed by atoms with E-state index in [1.807, 2.05) is 12.1 Å². The van der Waals surface area contributed by atoms with Crippen LogP contribution in [0.4, 0.5) is 17.2 Å². The Hall–Kier alpha value is -5.32. The molecule has 59 heavy (non-hydrogen) atoms. The van der Waals surface area contributed by atoms with Crippen molar-refractivity contribution in [2.45, 2.75) is 69.9 Å². The van der Waals surface area contributed by atoms with Gasteiger partial charge in [-0.25, -0.2) is 0 Å². The van der Waals surface area contributed by atoms with Crippen LogP contribution in [0.5, 0.6) is 5.88 Å². The number of hydrogen-bond donors (Lipinski definition) is 2. The number of ether oxygens (including phenoxy) is 1. The third kappa shape index (κ3) is 7.80. The first-order valence-corrected chi connectivity index (χ1v) is 21.6. The molecule has 2 aromatic carbocycles. The van der Waals surface area contributed by atoms with Crippen molar-refractivity contribution < 1.29 is 19.1 Å². The Morgan fingerprint density at radius 3 is 2.36 bits per heavy atom. The van der Waals surface area contributed by atoms with Crippen LogP contribution in [0.1, 0.15) is 84.3 Å². The molecule has 1 atom stereocenters. The molecule has 1 unspecified atom stereocenters. The zero-order chi connectivity index (χ0) is 40.6. The summed E-state index contributed by atoms with van der Waals surface area (Å²) in [5, 5.41) is 13.3. The molecule has 2 aromatic heterocycles. The van der Waals surface area contributed by atoms with Crippen molar-refractivity contribution in [3.05, 3.63) is 75.9 Å². The first kappa shape index (κ1) is 39.2. The summed E-state index contributed by atoms with van der Waals surface area (Å²) in [6.07, 6.45) is 9.42. The summed E-state index contributed by atoms with van der Waals surface area (Å²) < 4.78 is 5.59. The number of halogens is 1. The SMILES string of the molecule is COc1nc(N2CCN(CCCC3CCN(c4ccc(C5CCN(c6ccc(Cl)c7c(C#N)c[nH]c67)CC5)cc4)CC3)CC2)cc2c1C(=O)N(C1CCC(=O)NC1=O)C2. The number of benzene rings is 2. The van der Waals surface area contributed by atoms with Crippen LogP contribution in [0.2, 0.25) is 5.02 Å². The molecular formula is C45H52ClN9O4. The number of nitrogens with zero attached hydrogens (tertiary/aromatic N) is 7. The summed E-state index contributed by atoms with van der Waals surface area (Å²) in [5.74, 6) is 1.41. The predicted octanol–water partition coefficient (Wildman–Crippen LogP) is 6.06. The van der Waals surface area contributed by atoms with Gasteiger partial charge in [0.15, 0.2) is 0 Å². The second-order valence-corrected chi connectivity index (χ2v) is 17.2. The van der Waals surface area contributed by atoms with Crippen LogP contribution in [-0.4, -0.2) is 110 Å². The number of nitriles is 1. The molecule has 14 heteroatoms. The summed E-state index contributed by atoms with van der Waals surface area (Å²) in [4.78, 5) is 57.0. The predicted molar refractivity (Wildman–Crippen MR) is 228 cm³/mol. The molecule has 4 saturated heterocycles. The van der Waals surface area contributed by atoms with E-state index in [2.05, 4.69) is 66.3 Å². The minimum atomic E-state index is -0.669. The molecule has 0 aliphatic carbocycles. The minimum absolute atomic E-state index is 0.220. The third-order valence-corrected chi connectivity index (χ3v) is 13.8. The number of fused-ring (bicyclic) bond motifs is 2. The number of methoxy groups -OCH3 is 1. The Labute approximate surface area is 350 Å². The number of piperazine rings is 1. The zero-order valence-corrected chi connectivity index (χ0v) is 34.5. The highest BCUT2D eigenvalue weighted by molar-refractivity contribution is 6.36. The van der Waals surface area contributed by atoms with Crippen LogP contribution in [0.15, 0.2) is 48.7 Å². The average Bonchev–Trinajstić information content (AvgIpc) is 3.86. The summed E-state index contributed by atoms with van der Waals surface area (Å²) in [5.41, 5.74) is 6.65. The van der Waals surface area contributed by atoms with E-state index in [9.17, 15) is 19.6 Å². The number of imide groups is 1. The smallest absolute Gasteiger partial charge is 0.260 e. The van der Waals surface area contributed by atoms with Crippen molar-refractivity contribution in [3.8, 4) is 11.9 Å². The van der Waals surface area contributed by atoms with Crippen LogP contribution in [0, 0.1) is 17.2 Å². The molecule has 4 fully saturated rings. The molecule has 0 bridgehead atoms. The van der Waals surface area contributed by atoms with Crippen molar-refractivity contribution in [2.24, 2.45) is 5.92 Å². The second-order valence-electron chi connectivity index (χ2n) is 16.8. The van der Waals surface area contributed by atoms with Gasteiger partial charge in [-0.05, 0) is 105 Å².